The number of nitrogens with two attached hydrogens (primary N) is 1. The molecule has 0 saturated carbocycles. The van der Waals surface area contributed by atoms with E-state index >= 15 is 0 Å². The molecule has 0 aromatic heterocycles. The highest BCUT2D eigenvalue weighted by atomic mass is 14.5. The van der Waals surface area contributed by atoms with Crippen LogP contribution in [0.25, 0.3) is 0 Å². The number of hydrogen-bond acceptors (Lipinski definition) is 1. The summed E-state index contributed by atoms with van der Waals surface area (Å²) in [5, 5.41) is 0. The summed E-state index contributed by atoms with van der Waals surface area (Å²) in [5.41, 5.74) is 8.58. The third-order valence-electron chi connectivity index (χ3n) is 1.59. The molecule has 0 saturated heterocycles. The van der Waals surface area contributed by atoms with Crippen molar-refractivity contribution >= 4 is 13.3 Å². The summed E-state index contributed by atoms with van der Waals surface area (Å²) in [4.78, 5) is 0. The zero-order chi connectivity index (χ0) is 7.56. The zero-order valence-corrected chi connectivity index (χ0v) is 6.09. The van der Waals surface area contributed by atoms with Crippen molar-refractivity contribution in [2.45, 2.75) is 13.5 Å². The first-order valence-electron chi connectivity index (χ1n) is 3.29. The van der Waals surface area contributed by atoms with Crippen molar-refractivity contribution in [2.75, 3.05) is 0 Å². The Kier molecular flexibility index (Phi) is 2.12. The van der Waals surface area contributed by atoms with E-state index in [-0.39, 0.29) is 0 Å². The van der Waals surface area contributed by atoms with Gasteiger partial charge in [0.25, 0.3) is 0 Å². The lowest BCUT2D eigenvalue weighted by atomic mass is 9.92. The van der Waals surface area contributed by atoms with Gasteiger partial charge in [-0.2, -0.15) is 0 Å². The monoisotopic (exact) mass is 131 g/mol. The SMILES string of the molecule is [B]c1ccc(C)c(CN)c1. The van der Waals surface area contributed by atoms with Crippen LogP contribution in [0.4, 0.5) is 0 Å². The Bertz CT molecular complexity index is 233. The second-order valence-electron chi connectivity index (χ2n) is 2.39. The van der Waals surface area contributed by atoms with Crippen LogP contribution in [0.3, 0.4) is 0 Å². The fourth-order valence-electron chi connectivity index (χ4n) is 0.911. The molecule has 0 atom stereocenters. The van der Waals surface area contributed by atoms with E-state index in [0.29, 0.717) is 6.54 Å². The average molecular weight is 131 g/mol. The van der Waals surface area contributed by atoms with Crippen molar-refractivity contribution in [3.05, 3.63) is 29.3 Å². The molecule has 0 unspecified atom stereocenters. The molecule has 0 bridgehead atoms. The second kappa shape index (κ2) is 2.89. The van der Waals surface area contributed by atoms with Gasteiger partial charge < -0.3 is 5.73 Å². The van der Waals surface area contributed by atoms with Crippen LogP contribution >= 0.6 is 0 Å². The van der Waals surface area contributed by atoms with Gasteiger partial charge in [-0.05, 0) is 18.1 Å². The van der Waals surface area contributed by atoms with Gasteiger partial charge in [-0.3, -0.25) is 0 Å². The van der Waals surface area contributed by atoms with E-state index < -0.39 is 0 Å². The van der Waals surface area contributed by atoms with Crippen molar-refractivity contribution in [2.24, 2.45) is 5.73 Å². The summed E-state index contributed by atoms with van der Waals surface area (Å²) in [6.45, 7) is 2.60. The van der Waals surface area contributed by atoms with Crippen molar-refractivity contribution in [1.82, 2.24) is 0 Å². The molecule has 0 aliphatic rings. The lowest BCUT2D eigenvalue weighted by molar-refractivity contribution is 1.05. The highest BCUT2D eigenvalue weighted by Gasteiger charge is 1.93. The molecule has 2 N–H and O–H groups in total. The summed E-state index contributed by atoms with van der Waals surface area (Å²) in [6, 6.07) is 5.78. The first-order chi connectivity index (χ1) is 4.74. The molecular formula is C8H10BN. The van der Waals surface area contributed by atoms with E-state index in [0.717, 1.165) is 11.0 Å². The molecule has 2 heteroatoms. The third-order valence-corrected chi connectivity index (χ3v) is 1.59. The van der Waals surface area contributed by atoms with Crippen molar-refractivity contribution < 1.29 is 0 Å². The molecule has 0 spiro atoms. The predicted octanol–water partition coefficient (Wildman–Crippen LogP) is 0.248. The van der Waals surface area contributed by atoms with E-state index in [1.54, 1.807) is 0 Å². The minimum atomic E-state index is 0.566. The Morgan fingerprint density at radius 2 is 2.20 bits per heavy atom. The van der Waals surface area contributed by atoms with Gasteiger partial charge in [0.2, 0.25) is 0 Å². The molecule has 1 nitrogen and oxygen atoms in total. The fraction of sp³-hybridized carbons (Fsp3) is 0.250. The van der Waals surface area contributed by atoms with Crippen LogP contribution < -0.4 is 11.2 Å². The van der Waals surface area contributed by atoms with Crippen LogP contribution in [0.5, 0.6) is 0 Å². The van der Waals surface area contributed by atoms with E-state index in [4.69, 9.17) is 13.6 Å². The van der Waals surface area contributed by atoms with E-state index in [1.807, 2.05) is 25.1 Å². The van der Waals surface area contributed by atoms with Crippen LogP contribution in [0.1, 0.15) is 11.1 Å². The first kappa shape index (κ1) is 7.35. The molecule has 1 rings (SSSR count). The Hall–Kier alpha value is -0.755. The highest BCUT2D eigenvalue weighted by molar-refractivity contribution is 6.32. The number of hydrogen-bond donors (Lipinski definition) is 1. The number of benzene rings is 1. The maximum atomic E-state index is 5.55. The smallest absolute Gasteiger partial charge is 0.113 e. The Morgan fingerprint density at radius 3 is 2.70 bits per heavy atom. The molecule has 1 aromatic rings. The van der Waals surface area contributed by atoms with Crippen LogP contribution in [0, 0.1) is 6.92 Å². The Morgan fingerprint density at radius 1 is 1.50 bits per heavy atom. The normalized spacial score (nSPS) is 9.80. The first-order valence-corrected chi connectivity index (χ1v) is 3.29. The van der Waals surface area contributed by atoms with Gasteiger partial charge in [0, 0.05) is 6.54 Å². The zero-order valence-electron chi connectivity index (χ0n) is 6.09. The van der Waals surface area contributed by atoms with Gasteiger partial charge in [0.15, 0.2) is 0 Å². The highest BCUT2D eigenvalue weighted by Crippen LogP contribution is 2.02. The van der Waals surface area contributed by atoms with E-state index in [2.05, 4.69) is 0 Å². The Balaban J connectivity index is 3.09. The minimum absolute atomic E-state index is 0.566. The molecule has 0 amide bonds. The van der Waals surface area contributed by atoms with Gasteiger partial charge in [-0.1, -0.05) is 23.7 Å². The summed E-state index contributed by atoms with van der Waals surface area (Å²) in [6.07, 6.45) is 0. The Labute approximate surface area is 62.7 Å². The van der Waals surface area contributed by atoms with E-state index in [1.165, 1.54) is 5.56 Å². The number of rotatable bonds is 1. The molecule has 0 heterocycles. The molecule has 50 valence electrons. The molecule has 0 aliphatic carbocycles. The molecule has 0 aliphatic heterocycles. The van der Waals surface area contributed by atoms with Crippen molar-refractivity contribution in [1.29, 1.82) is 0 Å². The van der Waals surface area contributed by atoms with Crippen molar-refractivity contribution in [3.8, 4) is 0 Å². The quantitative estimate of drug-likeness (QED) is 0.543. The van der Waals surface area contributed by atoms with Gasteiger partial charge >= 0.3 is 0 Å². The molecule has 0 fully saturated rings. The minimum Gasteiger partial charge on any atom is -0.326 e. The van der Waals surface area contributed by atoms with Gasteiger partial charge in [-0.25, -0.2) is 0 Å². The summed E-state index contributed by atoms with van der Waals surface area (Å²) >= 11 is 0. The third kappa shape index (κ3) is 1.39. The van der Waals surface area contributed by atoms with Crippen LogP contribution in [-0.4, -0.2) is 7.85 Å². The van der Waals surface area contributed by atoms with Gasteiger partial charge in [0.1, 0.15) is 7.85 Å². The summed E-state index contributed by atoms with van der Waals surface area (Å²) in [5.74, 6) is 0. The summed E-state index contributed by atoms with van der Waals surface area (Å²) < 4.78 is 0. The van der Waals surface area contributed by atoms with Crippen molar-refractivity contribution in [3.63, 3.8) is 0 Å². The molecule has 2 radical (unpaired) electrons. The number of aryl methyl sites for hydroxylation is 1. The van der Waals surface area contributed by atoms with E-state index in [9.17, 15) is 0 Å². The molecule has 1 aromatic carbocycles. The second-order valence-corrected chi connectivity index (χ2v) is 2.39. The van der Waals surface area contributed by atoms with Gasteiger partial charge in [0.05, 0.1) is 0 Å². The van der Waals surface area contributed by atoms with Crippen LogP contribution in [0.2, 0.25) is 0 Å². The van der Waals surface area contributed by atoms with Gasteiger partial charge in [-0.15, -0.1) is 0 Å². The summed E-state index contributed by atoms with van der Waals surface area (Å²) in [7, 11) is 5.55. The standard InChI is InChI=1S/C8H10BN/c1-6-2-3-8(9)4-7(6)5-10/h2-4H,5,10H2,1H3. The average Bonchev–Trinajstić information content (AvgIpc) is 1.94. The fourth-order valence-corrected chi connectivity index (χ4v) is 0.911. The lowest BCUT2D eigenvalue weighted by Crippen LogP contribution is -2.07. The molecule has 10 heavy (non-hydrogen) atoms. The molecular weight excluding hydrogens is 121 g/mol. The maximum Gasteiger partial charge on any atom is 0.113 e. The predicted molar refractivity (Wildman–Crippen MR) is 44.5 cm³/mol. The topological polar surface area (TPSA) is 26.0 Å². The largest absolute Gasteiger partial charge is 0.326 e. The van der Waals surface area contributed by atoms with Crippen LogP contribution in [-0.2, 0) is 6.54 Å². The van der Waals surface area contributed by atoms with Crippen LogP contribution in [0.15, 0.2) is 18.2 Å². The lowest BCUT2D eigenvalue weighted by Gasteiger charge is -2.02. The maximum absolute atomic E-state index is 5.55.